The van der Waals surface area contributed by atoms with Crippen LogP contribution in [0, 0.1) is 0 Å². The van der Waals surface area contributed by atoms with Crippen molar-refractivity contribution in [1.82, 2.24) is 24.4 Å². The van der Waals surface area contributed by atoms with E-state index in [9.17, 15) is 0 Å². The number of nitrogens with one attached hydrogen (secondary N) is 1. The number of methoxy groups -OCH3 is 1. The highest BCUT2D eigenvalue weighted by atomic mass is 16.5. The van der Waals surface area contributed by atoms with E-state index >= 15 is 0 Å². The predicted octanol–water partition coefficient (Wildman–Crippen LogP) is 0.884. The van der Waals surface area contributed by atoms with Gasteiger partial charge < -0.3 is 19.2 Å². The Morgan fingerprint density at radius 3 is 3.05 bits per heavy atom. The average Bonchev–Trinajstić information content (AvgIpc) is 3.04. The van der Waals surface area contributed by atoms with Gasteiger partial charge in [0.2, 0.25) is 0 Å². The standard InChI is InChI=1S/C13H21N5O/c1-3-17-11-15-8-12(17)10-18-6-4-16-13(18)9-14-5-7-19-2/h4,6,8,11,14H,3,5,7,9-10H2,1-2H3. The molecule has 0 saturated carbocycles. The monoisotopic (exact) mass is 263 g/mol. The van der Waals surface area contributed by atoms with Crippen LogP contribution in [0.5, 0.6) is 0 Å². The zero-order chi connectivity index (χ0) is 13.5. The minimum absolute atomic E-state index is 0.712. The number of hydrogen-bond donors (Lipinski definition) is 1. The van der Waals surface area contributed by atoms with Gasteiger partial charge in [-0.1, -0.05) is 0 Å². The van der Waals surface area contributed by atoms with Crippen LogP contribution in [0.3, 0.4) is 0 Å². The molecule has 0 spiro atoms. The highest BCUT2D eigenvalue weighted by Gasteiger charge is 2.06. The smallest absolute Gasteiger partial charge is 0.123 e. The van der Waals surface area contributed by atoms with Crippen molar-refractivity contribution >= 4 is 0 Å². The van der Waals surface area contributed by atoms with E-state index in [1.54, 1.807) is 7.11 Å². The van der Waals surface area contributed by atoms with Gasteiger partial charge in [0.15, 0.2) is 0 Å². The first-order valence-electron chi connectivity index (χ1n) is 6.53. The van der Waals surface area contributed by atoms with Crippen molar-refractivity contribution in [1.29, 1.82) is 0 Å². The summed E-state index contributed by atoms with van der Waals surface area (Å²) in [6.07, 6.45) is 7.61. The van der Waals surface area contributed by atoms with E-state index < -0.39 is 0 Å². The van der Waals surface area contributed by atoms with Gasteiger partial charge in [-0.15, -0.1) is 0 Å². The highest BCUT2D eigenvalue weighted by molar-refractivity contribution is 5.03. The largest absolute Gasteiger partial charge is 0.383 e. The second kappa shape index (κ2) is 7.06. The summed E-state index contributed by atoms with van der Waals surface area (Å²) in [4.78, 5) is 8.57. The minimum atomic E-state index is 0.712. The zero-order valence-electron chi connectivity index (χ0n) is 11.5. The summed E-state index contributed by atoms with van der Waals surface area (Å²) in [7, 11) is 1.70. The van der Waals surface area contributed by atoms with Gasteiger partial charge in [0, 0.05) is 38.8 Å². The number of nitrogens with zero attached hydrogens (tertiary/aromatic N) is 4. The van der Waals surface area contributed by atoms with Gasteiger partial charge >= 0.3 is 0 Å². The number of ether oxygens (including phenoxy) is 1. The SMILES string of the molecule is CCn1cncc1Cn1ccnc1CNCCOC. The molecule has 0 amide bonds. The lowest BCUT2D eigenvalue weighted by Crippen LogP contribution is -2.21. The third-order valence-electron chi connectivity index (χ3n) is 3.04. The Morgan fingerprint density at radius 1 is 1.37 bits per heavy atom. The molecular weight excluding hydrogens is 242 g/mol. The molecule has 0 aromatic carbocycles. The van der Waals surface area contributed by atoms with Crippen molar-refractivity contribution in [3.05, 3.63) is 36.4 Å². The summed E-state index contributed by atoms with van der Waals surface area (Å²) in [6.45, 7) is 6.14. The number of hydrogen-bond acceptors (Lipinski definition) is 4. The van der Waals surface area contributed by atoms with Gasteiger partial charge in [0.25, 0.3) is 0 Å². The Balaban J connectivity index is 1.95. The Hall–Kier alpha value is -1.66. The van der Waals surface area contributed by atoms with E-state index in [1.165, 1.54) is 5.69 Å². The maximum Gasteiger partial charge on any atom is 0.123 e. The number of aryl methyl sites for hydroxylation is 1. The van der Waals surface area contributed by atoms with Crippen LogP contribution in [0.2, 0.25) is 0 Å². The molecule has 0 fully saturated rings. The number of rotatable bonds is 8. The molecule has 0 saturated heterocycles. The van der Waals surface area contributed by atoms with Crippen LogP contribution in [-0.2, 0) is 24.4 Å². The second-order valence-corrected chi connectivity index (χ2v) is 4.31. The summed E-state index contributed by atoms with van der Waals surface area (Å²) in [5, 5.41) is 3.31. The Kier molecular flexibility index (Phi) is 5.11. The average molecular weight is 263 g/mol. The lowest BCUT2D eigenvalue weighted by Gasteiger charge is -2.10. The Morgan fingerprint density at radius 2 is 2.26 bits per heavy atom. The normalized spacial score (nSPS) is 11.1. The molecule has 6 heteroatoms. The zero-order valence-corrected chi connectivity index (χ0v) is 11.5. The molecular formula is C13H21N5O. The van der Waals surface area contributed by atoms with Crippen LogP contribution in [0.25, 0.3) is 0 Å². The van der Waals surface area contributed by atoms with Crippen molar-refractivity contribution < 1.29 is 4.74 Å². The van der Waals surface area contributed by atoms with E-state index in [0.717, 1.165) is 32.0 Å². The van der Waals surface area contributed by atoms with Crippen LogP contribution >= 0.6 is 0 Å². The van der Waals surface area contributed by atoms with Gasteiger partial charge in [0.05, 0.1) is 31.7 Å². The fourth-order valence-corrected chi connectivity index (χ4v) is 1.96. The van der Waals surface area contributed by atoms with E-state index in [-0.39, 0.29) is 0 Å². The summed E-state index contributed by atoms with van der Waals surface area (Å²) in [6, 6.07) is 0. The molecule has 104 valence electrons. The second-order valence-electron chi connectivity index (χ2n) is 4.31. The van der Waals surface area contributed by atoms with E-state index in [4.69, 9.17) is 4.74 Å². The Bertz CT molecular complexity index is 491. The molecule has 0 aliphatic carbocycles. The summed E-state index contributed by atoms with van der Waals surface area (Å²) in [5.74, 6) is 1.03. The van der Waals surface area contributed by atoms with E-state index in [0.29, 0.717) is 6.61 Å². The van der Waals surface area contributed by atoms with Gasteiger partial charge in [-0.2, -0.15) is 0 Å². The maximum absolute atomic E-state index is 5.01. The molecule has 2 aromatic heterocycles. The summed E-state index contributed by atoms with van der Waals surface area (Å²) < 4.78 is 9.29. The van der Waals surface area contributed by atoms with Crippen molar-refractivity contribution in [2.75, 3.05) is 20.3 Å². The first-order valence-corrected chi connectivity index (χ1v) is 6.53. The van der Waals surface area contributed by atoms with E-state index in [1.807, 2.05) is 24.9 Å². The van der Waals surface area contributed by atoms with Crippen molar-refractivity contribution in [3.63, 3.8) is 0 Å². The summed E-state index contributed by atoms with van der Waals surface area (Å²) >= 11 is 0. The fraction of sp³-hybridized carbons (Fsp3) is 0.538. The molecule has 0 aliphatic heterocycles. The minimum Gasteiger partial charge on any atom is -0.383 e. The molecule has 0 unspecified atom stereocenters. The molecule has 0 atom stereocenters. The fourth-order valence-electron chi connectivity index (χ4n) is 1.96. The molecule has 0 bridgehead atoms. The first-order chi connectivity index (χ1) is 9.35. The van der Waals surface area contributed by atoms with Crippen LogP contribution in [0.15, 0.2) is 24.9 Å². The van der Waals surface area contributed by atoms with Gasteiger partial charge in [-0.3, -0.25) is 0 Å². The molecule has 1 N–H and O–H groups in total. The van der Waals surface area contributed by atoms with Gasteiger partial charge in [-0.05, 0) is 6.92 Å². The molecule has 2 rings (SSSR count). The third-order valence-corrected chi connectivity index (χ3v) is 3.04. The molecule has 2 heterocycles. The molecule has 2 aromatic rings. The number of imidazole rings is 2. The predicted molar refractivity (Wildman–Crippen MR) is 72.8 cm³/mol. The van der Waals surface area contributed by atoms with E-state index in [2.05, 4.69) is 31.3 Å². The van der Waals surface area contributed by atoms with Crippen LogP contribution in [-0.4, -0.2) is 39.4 Å². The topological polar surface area (TPSA) is 56.9 Å². The van der Waals surface area contributed by atoms with Gasteiger partial charge in [0.1, 0.15) is 5.82 Å². The van der Waals surface area contributed by atoms with Crippen LogP contribution in [0.4, 0.5) is 0 Å². The molecule has 0 aliphatic rings. The molecule has 6 nitrogen and oxygen atoms in total. The van der Waals surface area contributed by atoms with Crippen molar-refractivity contribution in [3.8, 4) is 0 Å². The van der Waals surface area contributed by atoms with Crippen molar-refractivity contribution in [2.45, 2.75) is 26.6 Å². The number of aromatic nitrogens is 4. The third kappa shape index (κ3) is 3.65. The van der Waals surface area contributed by atoms with Crippen LogP contribution < -0.4 is 5.32 Å². The lowest BCUT2D eigenvalue weighted by molar-refractivity contribution is 0.199. The quantitative estimate of drug-likeness (QED) is 0.718. The summed E-state index contributed by atoms with van der Waals surface area (Å²) in [5.41, 5.74) is 1.19. The van der Waals surface area contributed by atoms with Gasteiger partial charge in [-0.25, -0.2) is 9.97 Å². The van der Waals surface area contributed by atoms with Crippen molar-refractivity contribution in [2.24, 2.45) is 0 Å². The molecule has 19 heavy (non-hydrogen) atoms. The first kappa shape index (κ1) is 13.8. The molecule has 0 radical (unpaired) electrons. The van der Waals surface area contributed by atoms with Crippen LogP contribution in [0.1, 0.15) is 18.4 Å². The maximum atomic E-state index is 5.01. The highest BCUT2D eigenvalue weighted by Crippen LogP contribution is 2.05. The lowest BCUT2D eigenvalue weighted by atomic mass is 10.4. The Labute approximate surface area is 113 Å².